The lowest BCUT2D eigenvalue weighted by molar-refractivity contribution is 1.42. The maximum atomic E-state index is 4.93. The largest absolute Gasteiger partial charge is 0.256 e. The zero-order chi connectivity index (χ0) is 26.7. The van der Waals surface area contributed by atoms with Gasteiger partial charge in [0.1, 0.15) is 0 Å². The minimum absolute atomic E-state index is 1.03. The summed E-state index contributed by atoms with van der Waals surface area (Å²) < 4.78 is 0. The average Bonchev–Trinajstić information content (AvgIpc) is 3.04. The molecule has 0 fully saturated rings. The van der Waals surface area contributed by atoms with E-state index in [0.717, 1.165) is 16.5 Å². The minimum Gasteiger partial charge on any atom is -0.256 e. The van der Waals surface area contributed by atoms with E-state index >= 15 is 0 Å². The van der Waals surface area contributed by atoms with Crippen molar-refractivity contribution in [3.05, 3.63) is 175 Å². The highest BCUT2D eigenvalue weighted by molar-refractivity contribution is 6.20. The summed E-state index contributed by atoms with van der Waals surface area (Å²) in [6, 6.07) is 53.7. The zero-order valence-corrected chi connectivity index (χ0v) is 22.0. The van der Waals surface area contributed by atoms with Crippen molar-refractivity contribution in [3.8, 4) is 22.3 Å². The van der Waals surface area contributed by atoms with Crippen LogP contribution in [0.3, 0.4) is 0 Å². The molecule has 0 aliphatic carbocycles. The predicted molar refractivity (Wildman–Crippen MR) is 170 cm³/mol. The standard InChI is InChI=1S/C39H27N/c1-4-15-29(16-5-1)36(30-17-6-2-7-18-30)27-28-14-12-21-32(26-28)37-33-22-10-11-23-34(33)38(31-19-8-3-9-20-31)39-35(37)24-13-25-40-39/h1-27H. The molecule has 1 heterocycles. The van der Waals surface area contributed by atoms with Crippen molar-refractivity contribution >= 4 is 33.3 Å². The van der Waals surface area contributed by atoms with E-state index < -0.39 is 0 Å². The molecule has 0 spiro atoms. The fraction of sp³-hybridized carbons (Fsp3) is 0. The molecule has 1 aromatic heterocycles. The molecule has 1 heteroatoms. The highest BCUT2D eigenvalue weighted by atomic mass is 14.7. The molecule has 0 saturated heterocycles. The number of hydrogen-bond donors (Lipinski definition) is 0. The summed E-state index contributed by atoms with van der Waals surface area (Å²) in [6.07, 6.45) is 4.20. The smallest absolute Gasteiger partial charge is 0.0792 e. The first-order chi connectivity index (χ1) is 19.9. The quantitative estimate of drug-likeness (QED) is 0.166. The molecule has 40 heavy (non-hydrogen) atoms. The maximum absolute atomic E-state index is 4.93. The molecule has 0 aliphatic rings. The van der Waals surface area contributed by atoms with Crippen LogP contribution in [0.25, 0.3) is 55.6 Å². The second-order valence-electron chi connectivity index (χ2n) is 9.98. The van der Waals surface area contributed by atoms with Gasteiger partial charge in [0.15, 0.2) is 0 Å². The summed E-state index contributed by atoms with van der Waals surface area (Å²) in [6.45, 7) is 0. The molecule has 0 amide bonds. The van der Waals surface area contributed by atoms with Gasteiger partial charge >= 0.3 is 0 Å². The van der Waals surface area contributed by atoms with Gasteiger partial charge in [-0.15, -0.1) is 0 Å². The monoisotopic (exact) mass is 509 g/mol. The third kappa shape index (κ3) is 4.38. The molecule has 0 unspecified atom stereocenters. The van der Waals surface area contributed by atoms with Gasteiger partial charge in [0.2, 0.25) is 0 Å². The fourth-order valence-corrected chi connectivity index (χ4v) is 5.73. The highest BCUT2D eigenvalue weighted by Crippen LogP contribution is 2.43. The number of nitrogens with zero attached hydrogens (tertiary/aromatic N) is 1. The van der Waals surface area contributed by atoms with Crippen LogP contribution >= 0.6 is 0 Å². The van der Waals surface area contributed by atoms with Crippen LogP contribution in [-0.2, 0) is 0 Å². The van der Waals surface area contributed by atoms with Crippen molar-refractivity contribution in [2.45, 2.75) is 0 Å². The van der Waals surface area contributed by atoms with Crippen molar-refractivity contribution < 1.29 is 0 Å². The fourth-order valence-electron chi connectivity index (χ4n) is 5.73. The van der Waals surface area contributed by atoms with Crippen LogP contribution in [0.1, 0.15) is 16.7 Å². The van der Waals surface area contributed by atoms with Gasteiger partial charge < -0.3 is 0 Å². The summed E-state index contributed by atoms with van der Waals surface area (Å²) in [7, 11) is 0. The second kappa shape index (κ2) is 10.5. The first kappa shape index (κ1) is 23.8. The Balaban J connectivity index is 1.47. The Morgan fingerprint density at radius 3 is 1.68 bits per heavy atom. The highest BCUT2D eigenvalue weighted by Gasteiger charge is 2.17. The van der Waals surface area contributed by atoms with Crippen LogP contribution in [-0.4, -0.2) is 4.98 Å². The number of pyridine rings is 1. The molecule has 0 bridgehead atoms. The van der Waals surface area contributed by atoms with Gasteiger partial charge in [-0.25, -0.2) is 0 Å². The molecule has 0 saturated carbocycles. The molecule has 0 aliphatic heterocycles. The Hall–Kier alpha value is -5.27. The van der Waals surface area contributed by atoms with Gasteiger partial charge in [0.05, 0.1) is 5.52 Å². The topological polar surface area (TPSA) is 12.9 Å². The molecule has 7 rings (SSSR count). The van der Waals surface area contributed by atoms with Crippen LogP contribution < -0.4 is 0 Å². The first-order valence-corrected chi connectivity index (χ1v) is 13.6. The van der Waals surface area contributed by atoms with Crippen molar-refractivity contribution in [2.24, 2.45) is 0 Å². The Kier molecular flexibility index (Phi) is 6.24. The van der Waals surface area contributed by atoms with Crippen LogP contribution in [0.5, 0.6) is 0 Å². The van der Waals surface area contributed by atoms with Gasteiger partial charge in [-0.1, -0.05) is 140 Å². The number of benzene rings is 6. The lowest BCUT2D eigenvalue weighted by Gasteiger charge is -2.17. The first-order valence-electron chi connectivity index (χ1n) is 13.6. The van der Waals surface area contributed by atoms with Crippen molar-refractivity contribution in [3.63, 3.8) is 0 Å². The molecule has 0 atom stereocenters. The molecule has 0 radical (unpaired) electrons. The van der Waals surface area contributed by atoms with Crippen LogP contribution in [0.4, 0.5) is 0 Å². The van der Waals surface area contributed by atoms with Crippen molar-refractivity contribution in [1.82, 2.24) is 4.98 Å². The van der Waals surface area contributed by atoms with Gasteiger partial charge in [0, 0.05) is 17.1 Å². The third-order valence-electron chi connectivity index (χ3n) is 7.50. The van der Waals surface area contributed by atoms with Gasteiger partial charge in [0.25, 0.3) is 0 Å². The molecular weight excluding hydrogens is 482 g/mol. The van der Waals surface area contributed by atoms with E-state index in [4.69, 9.17) is 4.98 Å². The van der Waals surface area contributed by atoms with E-state index in [9.17, 15) is 0 Å². The maximum Gasteiger partial charge on any atom is 0.0792 e. The normalized spacial score (nSPS) is 11.0. The number of hydrogen-bond acceptors (Lipinski definition) is 1. The lowest BCUT2D eigenvalue weighted by atomic mass is 9.87. The van der Waals surface area contributed by atoms with Crippen LogP contribution in [0, 0.1) is 0 Å². The number of aromatic nitrogens is 1. The Morgan fingerprint density at radius 1 is 0.450 bits per heavy atom. The molecular formula is C39H27N. The average molecular weight is 510 g/mol. The Morgan fingerprint density at radius 2 is 1.00 bits per heavy atom. The van der Waals surface area contributed by atoms with Crippen molar-refractivity contribution in [2.75, 3.05) is 0 Å². The van der Waals surface area contributed by atoms with Crippen LogP contribution in [0.15, 0.2) is 158 Å². The van der Waals surface area contributed by atoms with Gasteiger partial charge in [-0.2, -0.15) is 0 Å². The van der Waals surface area contributed by atoms with Crippen molar-refractivity contribution in [1.29, 1.82) is 0 Å². The predicted octanol–water partition coefficient (Wildman–Crippen LogP) is 10.3. The summed E-state index contributed by atoms with van der Waals surface area (Å²) in [5.74, 6) is 0. The summed E-state index contributed by atoms with van der Waals surface area (Å²) in [5, 5.41) is 3.60. The van der Waals surface area contributed by atoms with Gasteiger partial charge in [-0.3, -0.25) is 4.98 Å². The van der Waals surface area contributed by atoms with Crippen LogP contribution in [0.2, 0.25) is 0 Å². The van der Waals surface area contributed by atoms with E-state index in [0.29, 0.717) is 0 Å². The second-order valence-corrected chi connectivity index (χ2v) is 9.98. The molecule has 188 valence electrons. The van der Waals surface area contributed by atoms with E-state index in [-0.39, 0.29) is 0 Å². The summed E-state index contributed by atoms with van der Waals surface area (Å²) in [4.78, 5) is 4.93. The van der Waals surface area contributed by atoms with E-state index in [2.05, 4.69) is 152 Å². The number of rotatable bonds is 5. The minimum atomic E-state index is 1.03. The zero-order valence-electron chi connectivity index (χ0n) is 22.0. The molecule has 7 aromatic rings. The summed E-state index contributed by atoms with van der Waals surface area (Å²) >= 11 is 0. The molecule has 6 aromatic carbocycles. The number of fused-ring (bicyclic) bond motifs is 2. The van der Waals surface area contributed by atoms with E-state index in [1.807, 2.05) is 12.3 Å². The Labute approximate surface area is 234 Å². The van der Waals surface area contributed by atoms with E-state index in [1.54, 1.807) is 0 Å². The van der Waals surface area contributed by atoms with E-state index in [1.165, 1.54) is 49.7 Å². The molecule has 0 N–H and O–H groups in total. The Bertz CT molecular complexity index is 1870. The SMILES string of the molecule is C(=C(c1ccccc1)c1ccccc1)c1cccc(-c2c3ccccc3c(-c3ccccc3)c3ncccc23)c1. The third-order valence-corrected chi connectivity index (χ3v) is 7.50. The lowest BCUT2D eigenvalue weighted by Crippen LogP contribution is -1.93. The molecule has 1 nitrogen and oxygen atoms in total. The van der Waals surface area contributed by atoms with Gasteiger partial charge in [-0.05, 0) is 67.9 Å². The summed E-state index contributed by atoms with van der Waals surface area (Å²) in [5.41, 5.74) is 10.6.